The first-order chi connectivity index (χ1) is 15.4. The van der Waals surface area contributed by atoms with Crippen molar-refractivity contribution < 1.29 is 17.9 Å². The van der Waals surface area contributed by atoms with Crippen LogP contribution in [-0.4, -0.2) is 75.5 Å². The lowest BCUT2D eigenvalue weighted by molar-refractivity contribution is 0.00191. The molecule has 2 heterocycles. The number of rotatable bonds is 9. The normalized spacial score (nSPS) is 19.8. The van der Waals surface area contributed by atoms with Crippen LogP contribution in [0, 0.1) is 5.92 Å². The minimum atomic E-state index is -3.72. The number of carbonyl (C=O) groups is 1. The summed E-state index contributed by atoms with van der Waals surface area (Å²) in [6, 6.07) is 4.74. The number of hydrogen-bond acceptors (Lipinski definition) is 5. The van der Waals surface area contributed by atoms with Gasteiger partial charge in [0, 0.05) is 44.3 Å². The highest BCUT2D eigenvalue weighted by atomic mass is 35.5. The van der Waals surface area contributed by atoms with Gasteiger partial charge in [-0.2, -0.15) is 4.31 Å². The topological polar surface area (TPSA) is 79.0 Å². The van der Waals surface area contributed by atoms with Crippen LogP contribution >= 0.6 is 11.6 Å². The van der Waals surface area contributed by atoms with Gasteiger partial charge in [-0.05, 0) is 37.0 Å². The van der Waals surface area contributed by atoms with E-state index in [1.807, 2.05) is 0 Å². The van der Waals surface area contributed by atoms with Gasteiger partial charge in [-0.15, -0.1) is 0 Å². The molecule has 0 aromatic heterocycles. The first-order valence-corrected chi connectivity index (χ1v) is 13.6. The number of hydrogen-bond donors (Lipinski definition) is 1. The molecule has 7 nitrogen and oxygen atoms in total. The largest absolute Gasteiger partial charge is 0.379 e. The number of carbonyl (C=O) groups excluding carboxylic acids is 1. The van der Waals surface area contributed by atoms with E-state index < -0.39 is 10.0 Å². The lowest BCUT2D eigenvalue weighted by Gasteiger charge is -2.38. The summed E-state index contributed by atoms with van der Waals surface area (Å²) in [5.41, 5.74) is 0.315. The molecule has 1 unspecified atom stereocenters. The summed E-state index contributed by atoms with van der Waals surface area (Å²) in [4.78, 5) is 15.4. The Hall–Kier alpha value is -1.19. The van der Waals surface area contributed by atoms with Crippen LogP contribution in [0.4, 0.5) is 0 Å². The fourth-order valence-electron chi connectivity index (χ4n) is 4.72. The molecule has 32 heavy (non-hydrogen) atoms. The smallest absolute Gasteiger partial charge is 0.251 e. The third-order valence-corrected chi connectivity index (χ3v) is 9.09. The Morgan fingerprint density at radius 2 is 1.75 bits per heavy atom. The molecule has 1 N–H and O–H groups in total. The minimum absolute atomic E-state index is 0.0124. The van der Waals surface area contributed by atoms with Gasteiger partial charge in [-0.25, -0.2) is 8.42 Å². The number of nitrogens with one attached hydrogen (secondary N) is 1. The third kappa shape index (κ3) is 6.03. The molecular formula is C23H36ClN3O4S. The van der Waals surface area contributed by atoms with E-state index >= 15 is 0 Å². The van der Waals surface area contributed by atoms with E-state index in [-0.39, 0.29) is 21.9 Å². The maximum atomic E-state index is 13.1. The highest BCUT2D eigenvalue weighted by Crippen LogP contribution is 2.28. The summed E-state index contributed by atoms with van der Waals surface area (Å²) in [7, 11) is -3.72. The Morgan fingerprint density at radius 3 is 2.38 bits per heavy atom. The maximum Gasteiger partial charge on any atom is 0.251 e. The summed E-state index contributed by atoms with van der Waals surface area (Å²) < 4.78 is 33.2. The number of halogens is 1. The van der Waals surface area contributed by atoms with E-state index in [2.05, 4.69) is 24.1 Å². The average molecular weight is 486 g/mol. The van der Waals surface area contributed by atoms with Crippen LogP contribution in [-0.2, 0) is 14.8 Å². The van der Waals surface area contributed by atoms with Crippen LogP contribution in [0.15, 0.2) is 23.1 Å². The van der Waals surface area contributed by atoms with E-state index in [9.17, 15) is 13.2 Å². The van der Waals surface area contributed by atoms with Crippen molar-refractivity contribution in [2.75, 3.05) is 45.9 Å². The second-order valence-electron chi connectivity index (χ2n) is 8.61. The quantitative estimate of drug-likeness (QED) is 0.580. The molecule has 2 aliphatic heterocycles. The van der Waals surface area contributed by atoms with E-state index in [1.165, 1.54) is 16.4 Å². The number of nitrogens with zero attached hydrogens (tertiary/aromatic N) is 2. The lowest BCUT2D eigenvalue weighted by atomic mass is 9.92. The monoisotopic (exact) mass is 485 g/mol. The standard InChI is InChI=1S/C23H36ClN3O4S/c1-3-18(4-2)21(26-12-14-31-15-13-26)17-25-23(28)19-8-9-20(24)22(16-19)32(29,30)27-10-6-5-7-11-27/h8-9,16,18,21H,3-7,10-15,17H2,1-2H3,(H,25,28). The molecule has 180 valence electrons. The fraction of sp³-hybridized carbons (Fsp3) is 0.696. The molecule has 1 aromatic rings. The van der Waals surface area contributed by atoms with Crippen molar-refractivity contribution >= 4 is 27.5 Å². The van der Waals surface area contributed by atoms with Crippen molar-refractivity contribution in [2.24, 2.45) is 5.92 Å². The second kappa shape index (κ2) is 11.8. The summed E-state index contributed by atoms with van der Waals surface area (Å²) in [6.07, 6.45) is 4.79. The van der Waals surface area contributed by atoms with Crippen molar-refractivity contribution in [2.45, 2.75) is 56.9 Å². The van der Waals surface area contributed by atoms with Gasteiger partial charge in [0.25, 0.3) is 5.91 Å². The van der Waals surface area contributed by atoms with Crippen molar-refractivity contribution in [3.63, 3.8) is 0 Å². The molecule has 2 fully saturated rings. The number of ether oxygens (including phenoxy) is 1. The second-order valence-corrected chi connectivity index (χ2v) is 10.9. The average Bonchev–Trinajstić information content (AvgIpc) is 2.83. The molecule has 0 bridgehead atoms. The summed E-state index contributed by atoms with van der Waals surface area (Å²) in [6.45, 7) is 8.99. The maximum absolute atomic E-state index is 13.1. The molecule has 2 aliphatic rings. The Kier molecular flexibility index (Phi) is 9.37. The zero-order valence-electron chi connectivity index (χ0n) is 19.2. The Labute approximate surface area is 197 Å². The zero-order chi connectivity index (χ0) is 23.1. The van der Waals surface area contributed by atoms with Gasteiger partial charge in [0.05, 0.1) is 18.2 Å². The van der Waals surface area contributed by atoms with Crippen LogP contribution in [0.25, 0.3) is 0 Å². The third-order valence-electron chi connectivity index (χ3n) is 6.71. The molecule has 1 amide bonds. The molecule has 0 radical (unpaired) electrons. The van der Waals surface area contributed by atoms with Gasteiger partial charge >= 0.3 is 0 Å². The number of benzene rings is 1. The summed E-state index contributed by atoms with van der Waals surface area (Å²) in [5.74, 6) is 0.189. The molecule has 3 rings (SSSR count). The number of morpholine rings is 1. The highest BCUT2D eigenvalue weighted by Gasteiger charge is 2.30. The van der Waals surface area contributed by atoms with Crippen molar-refractivity contribution in [1.29, 1.82) is 0 Å². The molecule has 1 atom stereocenters. The van der Waals surface area contributed by atoms with Crippen molar-refractivity contribution in [3.8, 4) is 0 Å². The molecule has 0 aliphatic carbocycles. The van der Waals surface area contributed by atoms with Crippen molar-refractivity contribution in [1.82, 2.24) is 14.5 Å². The summed E-state index contributed by atoms with van der Waals surface area (Å²) >= 11 is 6.26. The SMILES string of the molecule is CCC(CC)C(CNC(=O)c1ccc(Cl)c(S(=O)(=O)N2CCCCC2)c1)N1CCOCC1. The van der Waals surface area contributed by atoms with E-state index in [1.54, 1.807) is 6.07 Å². The Morgan fingerprint density at radius 1 is 1.09 bits per heavy atom. The predicted molar refractivity (Wildman–Crippen MR) is 127 cm³/mol. The van der Waals surface area contributed by atoms with Gasteiger partial charge < -0.3 is 10.1 Å². The van der Waals surface area contributed by atoms with Crippen LogP contribution in [0.2, 0.25) is 5.02 Å². The first-order valence-electron chi connectivity index (χ1n) is 11.8. The molecule has 9 heteroatoms. The van der Waals surface area contributed by atoms with E-state index in [4.69, 9.17) is 16.3 Å². The zero-order valence-corrected chi connectivity index (χ0v) is 20.8. The number of piperidine rings is 1. The van der Waals surface area contributed by atoms with E-state index in [0.29, 0.717) is 44.3 Å². The number of amides is 1. The van der Waals surface area contributed by atoms with Gasteiger partial charge in [0.1, 0.15) is 4.90 Å². The van der Waals surface area contributed by atoms with Crippen LogP contribution in [0.3, 0.4) is 0 Å². The fourth-order valence-corrected chi connectivity index (χ4v) is 6.74. The molecule has 1 aromatic carbocycles. The highest BCUT2D eigenvalue weighted by molar-refractivity contribution is 7.89. The minimum Gasteiger partial charge on any atom is -0.379 e. The molecular weight excluding hydrogens is 450 g/mol. The molecule has 0 spiro atoms. The summed E-state index contributed by atoms with van der Waals surface area (Å²) in [5, 5.41) is 3.20. The van der Waals surface area contributed by atoms with E-state index in [0.717, 1.165) is 45.2 Å². The first kappa shape index (κ1) is 25.4. The predicted octanol–water partition coefficient (Wildman–Crippen LogP) is 3.38. The van der Waals surface area contributed by atoms with Crippen LogP contribution in [0.1, 0.15) is 56.3 Å². The van der Waals surface area contributed by atoms with Crippen LogP contribution < -0.4 is 5.32 Å². The van der Waals surface area contributed by atoms with Gasteiger partial charge in [0.2, 0.25) is 10.0 Å². The van der Waals surface area contributed by atoms with Crippen molar-refractivity contribution in [3.05, 3.63) is 28.8 Å². The van der Waals surface area contributed by atoms with Gasteiger partial charge in [0.15, 0.2) is 0 Å². The Balaban J connectivity index is 1.74. The number of sulfonamides is 1. The lowest BCUT2D eigenvalue weighted by Crippen LogP contribution is -2.52. The van der Waals surface area contributed by atoms with Gasteiger partial charge in [-0.3, -0.25) is 9.69 Å². The molecule has 0 saturated carbocycles. The van der Waals surface area contributed by atoms with Gasteiger partial charge in [-0.1, -0.05) is 44.7 Å². The van der Waals surface area contributed by atoms with Crippen LogP contribution in [0.5, 0.6) is 0 Å². The Bertz CT molecular complexity index is 864. The molecule has 2 saturated heterocycles.